The van der Waals surface area contributed by atoms with E-state index in [9.17, 15) is 5.11 Å². The van der Waals surface area contributed by atoms with Crippen molar-refractivity contribution in [3.05, 3.63) is 28.8 Å². The van der Waals surface area contributed by atoms with Crippen LogP contribution in [0.4, 0.5) is 0 Å². The molecule has 1 aromatic carbocycles. The van der Waals surface area contributed by atoms with Gasteiger partial charge >= 0.3 is 0 Å². The lowest BCUT2D eigenvalue weighted by Crippen LogP contribution is -2.33. The predicted molar refractivity (Wildman–Crippen MR) is 69.7 cm³/mol. The van der Waals surface area contributed by atoms with Crippen molar-refractivity contribution in [3.8, 4) is 5.75 Å². The Balaban J connectivity index is 2.24. The van der Waals surface area contributed by atoms with Gasteiger partial charge in [0.2, 0.25) is 0 Å². The van der Waals surface area contributed by atoms with E-state index in [1.807, 2.05) is 25.1 Å². The summed E-state index contributed by atoms with van der Waals surface area (Å²) in [6.07, 6.45) is 3.66. The van der Waals surface area contributed by atoms with Gasteiger partial charge in [-0.05, 0) is 48.9 Å². The van der Waals surface area contributed by atoms with E-state index in [-0.39, 0.29) is 0 Å². The minimum Gasteiger partial charge on any atom is -0.496 e. The van der Waals surface area contributed by atoms with E-state index in [1.165, 1.54) is 0 Å². The van der Waals surface area contributed by atoms with Crippen molar-refractivity contribution in [1.29, 1.82) is 0 Å². The third kappa shape index (κ3) is 2.75. The molecule has 1 aliphatic carbocycles. The SMILES string of the molecule is CCC(O)(Cc1cc(Cl)ccc1OC)C1CC1. The number of methoxy groups -OCH3 is 1. The third-order valence-electron chi connectivity index (χ3n) is 3.69. The number of halogens is 1. The van der Waals surface area contributed by atoms with E-state index in [0.717, 1.165) is 30.6 Å². The normalized spacial score (nSPS) is 18.8. The number of aliphatic hydroxyl groups is 1. The first kappa shape index (κ1) is 12.7. The molecule has 1 aliphatic rings. The minimum absolute atomic E-state index is 0.441. The van der Waals surface area contributed by atoms with Crippen LogP contribution in [0, 0.1) is 5.92 Å². The average Bonchev–Trinajstić information content (AvgIpc) is 3.13. The summed E-state index contributed by atoms with van der Waals surface area (Å²) in [5.41, 5.74) is 0.397. The third-order valence-corrected chi connectivity index (χ3v) is 3.92. The zero-order valence-electron chi connectivity index (χ0n) is 10.4. The van der Waals surface area contributed by atoms with Crippen LogP contribution in [0.25, 0.3) is 0 Å². The van der Waals surface area contributed by atoms with Crippen molar-refractivity contribution >= 4 is 11.6 Å². The summed E-state index contributed by atoms with van der Waals surface area (Å²) < 4.78 is 5.32. The number of benzene rings is 1. The topological polar surface area (TPSA) is 29.5 Å². The van der Waals surface area contributed by atoms with E-state index < -0.39 is 5.60 Å². The van der Waals surface area contributed by atoms with Crippen molar-refractivity contribution in [1.82, 2.24) is 0 Å². The van der Waals surface area contributed by atoms with Crippen molar-refractivity contribution in [2.75, 3.05) is 7.11 Å². The van der Waals surface area contributed by atoms with Gasteiger partial charge in [-0.3, -0.25) is 0 Å². The highest BCUT2D eigenvalue weighted by atomic mass is 35.5. The molecule has 2 nitrogen and oxygen atoms in total. The fraction of sp³-hybridized carbons (Fsp3) is 0.571. The van der Waals surface area contributed by atoms with Gasteiger partial charge in [-0.15, -0.1) is 0 Å². The second kappa shape index (κ2) is 4.87. The van der Waals surface area contributed by atoms with Gasteiger partial charge in [-0.25, -0.2) is 0 Å². The molecule has 17 heavy (non-hydrogen) atoms. The predicted octanol–water partition coefficient (Wildman–Crippen LogP) is 3.44. The van der Waals surface area contributed by atoms with Crippen LogP contribution in [0.15, 0.2) is 18.2 Å². The highest BCUT2D eigenvalue weighted by Gasteiger charge is 2.42. The number of hydrogen-bond acceptors (Lipinski definition) is 2. The lowest BCUT2D eigenvalue weighted by atomic mass is 9.87. The maximum absolute atomic E-state index is 10.6. The maximum Gasteiger partial charge on any atom is 0.122 e. The lowest BCUT2D eigenvalue weighted by Gasteiger charge is -2.27. The Kier molecular flexibility index (Phi) is 3.64. The lowest BCUT2D eigenvalue weighted by molar-refractivity contribution is 0.0134. The fourth-order valence-corrected chi connectivity index (χ4v) is 2.59. The number of hydrogen-bond donors (Lipinski definition) is 1. The molecule has 0 amide bonds. The molecular weight excluding hydrogens is 236 g/mol. The highest BCUT2D eigenvalue weighted by molar-refractivity contribution is 6.30. The van der Waals surface area contributed by atoms with E-state index in [2.05, 4.69) is 0 Å². The van der Waals surface area contributed by atoms with Gasteiger partial charge in [0.05, 0.1) is 12.7 Å². The molecule has 0 aliphatic heterocycles. The molecule has 0 saturated heterocycles. The van der Waals surface area contributed by atoms with Gasteiger partial charge < -0.3 is 9.84 Å². The monoisotopic (exact) mass is 254 g/mol. The Morgan fingerprint density at radius 2 is 2.18 bits per heavy atom. The largest absolute Gasteiger partial charge is 0.496 e. The van der Waals surface area contributed by atoms with E-state index in [1.54, 1.807) is 7.11 Å². The highest BCUT2D eigenvalue weighted by Crippen LogP contribution is 2.44. The molecule has 1 unspecified atom stereocenters. The first-order valence-corrected chi connectivity index (χ1v) is 6.51. The number of ether oxygens (including phenoxy) is 1. The molecule has 0 bridgehead atoms. The molecule has 0 heterocycles. The quantitative estimate of drug-likeness (QED) is 0.872. The van der Waals surface area contributed by atoms with Gasteiger partial charge in [-0.2, -0.15) is 0 Å². The zero-order valence-corrected chi connectivity index (χ0v) is 11.1. The molecule has 94 valence electrons. The summed E-state index contributed by atoms with van der Waals surface area (Å²) in [5.74, 6) is 1.25. The second-order valence-electron chi connectivity index (χ2n) is 4.86. The summed E-state index contributed by atoms with van der Waals surface area (Å²) in [4.78, 5) is 0. The van der Waals surface area contributed by atoms with Crippen LogP contribution in [0.5, 0.6) is 5.75 Å². The maximum atomic E-state index is 10.6. The Bertz CT molecular complexity index is 401. The van der Waals surface area contributed by atoms with Crippen molar-refractivity contribution in [2.45, 2.75) is 38.2 Å². The molecule has 1 atom stereocenters. The molecule has 1 N–H and O–H groups in total. The van der Waals surface area contributed by atoms with Gasteiger partial charge in [0.1, 0.15) is 5.75 Å². The molecule has 0 aromatic heterocycles. The summed E-state index contributed by atoms with van der Waals surface area (Å²) in [6, 6.07) is 5.57. The minimum atomic E-state index is -0.599. The molecule has 2 rings (SSSR count). The van der Waals surface area contributed by atoms with Crippen LogP contribution in [-0.2, 0) is 6.42 Å². The Hall–Kier alpha value is -0.730. The van der Waals surface area contributed by atoms with Crippen molar-refractivity contribution in [2.24, 2.45) is 5.92 Å². The van der Waals surface area contributed by atoms with Gasteiger partial charge in [0.25, 0.3) is 0 Å². The number of rotatable bonds is 5. The first-order valence-electron chi connectivity index (χ1n) is 6.14. The first-order chi connectivity index (χ1) is 8.09. The molecule has 1 saturated carbocycles. The fourth-order valence-electron chi connectivity index (χ4n) is 2.39. The summed E-state index contributed by atoms with van der Waals surface area (Å²) in [6.45, 7) is 2.04. The average molecular weight is 255 g/mol. The molecule has 0 spiro atoms. The van der Waals surface area contributed by atoms with E-state index in [4.69, 9.17) is 16.3 Å². The summed E-state index contributed by atoms with van der Waals surface area (Å²) in [7, 11) is 1.65. The van der Waals surface area contributed by atoms with Crippen LogP contribution >= 0.6 is 11.6 Å². The molecular formula is C14H19ClO2. The van der Waals surface area contributed by atoms with Gasteiger partial charge in [0.15, 0.2) is 0 Å². The molecule has 0 radical (unpaired) electrons. The van der Waals surface area contributed by atoms with Gasteiger partial charge in [0, 0.05) is 11.4 Å². The van der Waals surface area contributed by atoms with Crippen LogP contribution in [0.3, 0.4) is 0 Å². The molecule has 1 fully saturated rings. The van der Waals surface area contributed by atoms with E-state index >= 15 is 0 Å². The standard InChI is InChI=1S/C14H19ClO2/c1-3-14(16,11-4-5-11)9-10-8-12(15)6-7-13(10)17-2/h6-8,11,16H,3-5,9H2,1-2H3. The zero-order chi connectivity index (χ0) is 12.5. The molecule has 1 aromatic rings. The smallest absolute Gasteiger partial charge is 0.122 e. The van der Waals surface area contributed by atoms with Crippen LogP contribution in [-0.4, -0.2) is 17.8 Å². The van der Waals surface area contributed by atoms with Crippen molar-refractivity contribution < 1.29 is 9.84 Å². The Labute approximate surface area is 108 Å². The summed E-state index contributed by atoms with van der Waals surface area (Å²) >= 11 is 6.00. The Morgan fingerprint density at radius 3 is 2.71 bits per heavy atom. The summed E-state index contributed by atoms with van der Waals surface area (Å²) in [5, 5.41) is 11.3. The van der Waals surface area contributed by atoms with E-state index in [0.29, 0.717) is 17.4 Å². The van der Waals surface area contributed by atoms with Crippen LogP contribution in [0.1, 0.15) is 31.7 Å². The van der Waals surface area contributed by atoms with Crippen molar-refractivity contribution in [3.63, 3.8) is 0 Å². The second-order valence-corrected chi connectivity index (χ2v) is 5.30. The van der Waals surface area contributed by atoms with Gasteiger partial charge in [-0.1, -0.05) is 18.5 Å². The molecule has 3 heteroatoms. The van der Waals surface area contributed by atoms with Crippen LogP contribution < -0.4 is 4.74 Å². The van der Waals surface area contributed by atoms with Crippen LogP contribution in [0.2, 0.25) is 5.02 Å². The Morgan fingerprint density at radius 1 is 1.47 bits per heavy atom.